The molecule has 1 aromatic heterocycles. The van der Waals surface area contributed by atoms with Crippen molar-refractivity contribution in [3.8, 4) is 5.75 Å². The monoisotopic (exact) mass is 400 g/mol. The molecule has 1 saturated heterocycles. The normalized spacial score (nSPS) is 24.0. The van der Waals surface area contributed by atoms with E-state index in [9.17, 15) is 18.4 Å². The van der Waals surface area contributed by atoms with Crippen LogP contribution in [0.25, 0.3) is 0 Å². The third-order valence-corrected chi connectivity index (χ3v) is 6.13. The minimum absolute atomic E-state index is 0.0181. The summed E-state index contributed by atoms with van der Waals surface area (Å²) in [6.45, 7) is -2.09. The molecule has 0 unspecified atom stereocenters. The Morgan fingerprint density at radius 1 is 1.17 bits per heavy atom. The molecule has 29 heavy (non-hydrogen) atoms. The van der Waals surface area contributed by atoms with Crippen LogP contribution in [0, 0.1) is 0 Å². The van der Waals surface area contributed by atoms with Crippen LogP contribution in [0.15, 0.2) is 42.7 Å². The van der Waals surface area contributed by atoms with Gasteiger partial charge in [0.1, 0.15) is 5.75 Å². The average Bonchev–Trinajstić information content (AvgIpc) is 3.34. The Morgan fingerprint density at radius 3 is 2.62 bits per heavy atom. The lowest BCUT2D eigenvalue weighted by molar-refractivity contribution is -0.134. The number of nitrogens with zero attached hydrogens (tertiary/aromatic N) is 2. The Bertz CT molecular complexity index is 990. The van der Waals surface area contributed by atoms with E-state index in [0.29, 0.717) is 37.9 Å². The second-order valence-electron chi connectivity index (χ2n) is 7.77. The van der Waals surface area contributed by atoms with Crippen LogP contribution in [-0.4, -0.2) is 41.5 Å². The summed E-state index contributed by atoms with van der Waals surface area (Å²) in [5.41, 5.74) is 0.580. The first-order valence-corrected chi connectivity index (χ1v) is 9.46. The van der Waals surface area contributed by atoms with E-state index in [-0.39, 0.29) is 11.7 Å². The SMILES string of the molecule is O=C1O[C@]2(CCN(C(=O)C3(c4ccc(OC(F)F)cc4)CC3)C2)c2ccncc21. The zero-order chi connectivity index (χ0) is 20.2. The first kappa shape index (κ1) is 18.0. The molecule has 2 aromatic rings. The molecule has 8 heteroatoms. The summed E-state index contributed by atoms with van der Waals surface area (Å²) in [4.78, 5) is 31.3. The van der Waals surface area contributed by atoms with E-state index in [2.05, 4.69) is 9.72 Å². The molecule has 1 atom stereocenters. The molecule has 1 saturated carbocycles. The van der Waals surface area contributed by atoms with Gasteiger partial charge in [0.05, 0.1) is 17.5 Å². The van der Waals surface area contributed by atoms with Gasteiger partial charge in [-0.15, -0.1) is 0 Å². The molecule has 2 fully saturated rings. The molecule has 3 heterocycles. The number of pyridine rings is 1. The van der Waals surface area contributed by atoms with E-state index in [4.69, 9.17) is 4.74 Å². The van der Waals surface area contributed by atoms with Crippen LogP contribution in [0.1, 0.15) is 40.7 Å². The van der Waals surface area contributed by atoms with Crippen LogP contribution in [0.4, 0.5) is 8.78 Å². The van der Waals surface area contributed by atoms with Gasteiger partial charge in [-0.1, -0.05) is 12.1 Å². The van der Waals surface area contributed by atoms with Gasteiger partial charge in [0.25, 0.3) is 0 Å². The summed E-state index contributed by atoms with van der Waals surface area (Å²) in [6.07, 6.45) is 5.06. The highest BCUT2D eigenvalue weighted by molar-refractivity contribution is 5.95. The first-order valence-electron chi connectivity index (χ1n) is 9.46. The molecular formula is C21H18F2N2O4. The fourth-order valence-electron chi connectivity index (χ4n) is 4.51. The van der Waals surface area contributed by atoms with Crippen molar-refractivity contribution < 1.29 is 27.8 Å². The smallest absolute Gasteiger partial charge is 0.387 e. The van der Waals surface area contributed by atoms with Crippen LogP contribution in [0.5, 0.6) is 5.75 Å². The van der Waals surface area contributed by atoms with Crippen molar-refractivity contribution in [2.75, 3.05) is 13.1 Å². The summed E-state index contributed by atoms with van der Waals surface area (Å²) in [5.74, 6) is -0.358. The van der Waals surface area contributed by atoms with Crippen molar-refractivity contribution in [1.82, 2.24) is 9.88 Å². The van der Waals surface area contributed by atoms with Crippen molar-refractivity contribution in [2.45, 2.75) is 36.9 Å². The minimum Gasteiger partial charge on any atom is -0.449 e. The van der Waals surface area contributed by atoms with Gasteiger partial charge in [0.2, 0.25) is 5.91 Å². The minimum atomic E-state index is -2.88. The van der Waals surface area contributed by atoms with E-state index in [1.165, 1.54) is 18.3 Å². The highest BCUT2D eigenvalue weighted by Crippen LogP contribution is 2.52. The molecule has 1 amide bonds. The van der Waals surface area contributed by atoms with Gasteiger partial charge in [0.15, 0.2) is 5.60 Å². The number of rotatable bonds is 4. The lowest BCUT2D eigenvalue weighted by Crippen LogP contribution is -2.40. The van der Waals surface area contributed by atoms with E-state index < -0.39 is 23.6 Å². The first-order chi connectivity index (χ1) is 13.9. The topological polar surface area (TPSA) is 68.7 Å². The number of amides is 1. The van der Waals surface area contributed by atoms with Gasteiger partial charge in [-0.2, -0.15) is 8.78 Å². The van der Waals surface area contributed by atoms with E-state index >= 15 is 0 Å². The Morgan fingerprint density at radius 2 is 1.93 bits per heavy atom. The highest BCUT2D eigenvalue weighted by atomic mass is 19.3. The molecule has 1 aliphatic carbocycles. The average molecular weight is 400 g/mol. The molecule has 5 rings (SSSR count). The number of ether oxygens (including phenoxy) is 2. The molecule has 0 radical (unpaired) electrons. The van der Waals surface area contributed by atoms with Crippen molar-refractivity contribution >= 4 is 11.9 Å². The molecule has 3 aliphatic rings. The van der Waals surface area contributed by atoms with Crippen LogP contribution in [0.2, 0.25) is 0 Å². The number of aromatic nitrogens is 1. The molecule has 1 spiro atoms. The number of benzene rings is 1. The van der Waals surface area contributed by atoms with Crippen LogP contribution < -0.4 is 4.74 Å². The molecule has 6 nitrogen and oxygen atoms in total. The number of likely N-dealkylation sites (tertiary alicyclic amines) is 1. The Labute approximate surface area is 165 Å². The lowest BCUT2D eigenvalue weighted by atomic mass is 9.92. The molecule has 1 aromatic carbocycles. The summed E-state index contributed by atoms with van der Waals surface area (Å²) in [7, 11) is 0. The zero-order valence-electron chi connectivity index (χ0n) is 15.4. The summed E-state index contributed by atoms with van der Waals surface area (Å²) < 4.78 is 34.8. The second kappa shape index (κ2) is 6.23. The number of carbonyl (C=O) groups excluding carboxylic acids is 2. The lowest BCUT2D eigenvalue weighted by Gasteiger charge is -2.27. The Kier molecular flexibility index (Phi) is 3.88. The molecule has 2 aliphatic heterocycles. The number of carbonyl (C=O) groups is 2. The zero-order valence-corrected chi connectivity index (χ0v) is 15.4. The van der Waals surface area contributed by atoms with Gasteiger partial charge in [0, 0.05) is 30.9 Å². The van der Waals surface area contributed by atoms with Gasteiger partial charge < -0.3 is 14.4 Å². The second-order valence-corrected chi connectivity index (χ2v) is 7.77. The summed E-state index contributed by atoms with van der Waals surface area (Å²) in [5, 5.41) is 0. The van der Waals surface area contributed by atoms with Gasteiger partial charge >= 0.3 is 12.6 Å². The van der Waals surface area contributed by atoms with E-state index in [1.807, 2.05) is 0 Å². The molecular weight excluding hydrogens is 382 g/mol. The third kappa shape index (κ3) is 2.77. The standard InChI is InChI=1S/C21H18F2N2O4/c22-19(23)28-14-3-1-13(2-4-14)20(6-7-20)18(27)25-10-8-21(12-25)16-5-9-24-11-15(16)17(26)29-21/h1-5,9,11,19H,6-8,10,12H2/t21-/m0/s1. The fraction of sp³-hybridized carbons (Fsp3) is 0.381. The summed E-state index contributed by atoms with van der Waals surface area (Å²) >= 11 is 0. The quantitative estimate of drug-likeness (QED) is 0.738. The largest absolute Gasteiger partial charge is 0.449 e. The Hall–Kier alpha value is -3.03. The van der Waals surface area contributed by atoms with Crippen molar-refractivity contribution in [3.63, 3.8) is 0 Å². The predicted molar refractivity (Wildman–Crippen MR) is 96.5 cm³/mol. The Balaban J connectivity index is 1.36. The number of halogens is 2. The maximum Gasteiger partial charge on any atom is 0.387 e. The number of fused-ring (bicyclic) bond motifs is 2. The van der Waals surface area contributed by atoms with Gasteiger partial charge in [-0.3, -0.25) is 9.78 Å². The van der Waals surface area contributed by atoms with Crippen LogP contribution in [0.3, 0.4) is 0 Å². The third-order valence-electron chi connectivity index (χ3n) is 6.13. The number of alkyl halides is 2. The van der Waals surface area contributed by atoms with Crippen molar-refractivity contribution in [1.29, 1.82) is 0 Å². The maximum absolute atomic E-state index is 13.3. The van der Waals surface area contributed by atoms with Crippen LogP contribution >= 0.6 is 0 Å². The number of hydrogen-bond donors (Lipinski definition) is 0. The summed E-state index contributed by atoms with van der Waals surface area (Å²) in [6, 6.07) is 8.05. The molecule has 150 valence electrons. The highest BCUT2D eigenvalue weighted by Gasteiger charge is 2.57. The maximum atomic E-state index is 13.3. The van der Waals surface area contributed by atoms with Gasteiger partial charge in [-0.05, 0) is 36.6 Å². The van der Waals surface area contributed by atoms with Crippen molar-refractivity contribution in [3.05, 3.63) is 59.4 Å². The predicted octanol–water partition coefficient (Wildman–Crippen LogP) is 3.01. The number of hydrogen-bond acceptors (Lipinski definition) is 5. The molecule has 0 bridgehead atoms. The van der Waals surface area contributed by atoms with Crippen LogP contribution in [-0.2, 0) is 20.5 Å². The van der Waals surface area contributed by atoms with Crippen molar-refractivity contribution in [2.24, 2.45) is 0 Å². The molecule has 0 N–H and O–H groups in total. The number of esters is 1. The van der Waals surface area contributed by atoms with Gasteiger partial charge in [-0.25, -0.2) is 4.79 Å². The fourth-order valence-corrected chi connectivity index (χ4v) is 4.51. The van der Waals surface area contributed by atoms with E-state index in [1.54, 1.807) is 29.3 Å². The van der Waals surface area contributed by atoms with E-state index in [0.717, 1.165) is 11.1 Å².